The van der Waals surface area contributed by atoms with E-state index in [1.807, 2.05) is 4.90 Å². The van der Waals surface area contributed by atoms with E-state index in [2.05, 4.69) is 15.2 Å². The number of carbonyl (C=O) groups is 1. The fourth-order valence-electron chi connectivity index (χ4n) is 5.83. The van der Waals surface area contributed by atoms with Crippen molar-refractivity contribution >= 4 is 28.6 Å². The zero-order valence-electron chi connectivity index (χ0n) is 24.0. The van der Waals surface area contributed by atoms with E-state index >= 15 is 0 Å². The predicted molar refractivity (Wildman–Crippen MR) is 152 cm³/mol. The lowest BCUT2D eigenvalue weighted by Crippen LogP contribution is -2.52. The topological polar surface area (TPSA) is 101 Å². The second kappa shape index (κ2) is 13.3. The molecule has 15 heteroatoms. The number of pyridine rings is 1. The summed E-state index contributed by atoms with van der Waals surface area (Å²) >= 11 is 0. The number of aromatic nitrogens is 1. The molecule has 1 aliphatic carbocycles. The predicted octanol–water partition coefficient (Wildman–Crippen LogP) is 6.26. The minimum atomic E-state index is -4.86. The molecule has 1 saturated carbocycles. The number of anilines is 1. The van der Waals surface area contributed by atoms with Crippen LogP contribution in [0.3, 0.4) is 0 Å². The zero-order valence-corrected chi connectivity index (χ0v) is 24.0. The van der Waals surface area contributed by atoms with Crippen molar-refractivity contribution in [2.24, 2.45) is 0 Å². The smallest absolute Gasteiger partial charge is 0.382 e. The molecule has 242 valence electrons. The van der Waals surface area contributed by atoms with Crippen LogP contribution in [-0.4, -0.2) is 70.5 Å². The third-order valence-corrected chi connectivity index (χ3v) is 8.22. The SMILES string of the molecule is O=CC(OC1CCC(Nc2ccc([N+](=O)[O-])c(C(F)(F)F)c2)CC1)N1CCN(Cc2ccc3cc(C(F)(F)F)ccc3n2)CC1. The highest BCUT2D eigenvalue weighted by Gasteiger charge is 2.39. The number of halogens is 6. The van der Waals surface area contributed by atoms with Crippen LogP contribution in [0, 0.1) is 10.1 Å². The monoisotopic (exact) mass is 639 g/mol. The number of nitro benzene ring substituents is 1. The minimum Gasteiger partial charge on any atom is -0.382 e. The number of carbonyl (C=O) groups excluding carboxylic acids is 1. The van der Waals surface area contributed by atoms with E-state index in [0.717, 1.165) is 36.2 Å². The second-order valence-corrected chi connectivity index (χ2v) is 11.3. The number of hydrogen-bond acceptors (Lipinski definition) is 8. The number of piperazine rings is 1. The number of hydrogen-bond donors (Lipinski definition) is 1. The number of nitro groups is 1. The molecule has 1 aromatic heterocycles. The van der Waals surface area contributed by atoms with Crippen molar-refractivity contribution in [3.63, 3.8) is 0 Å². The average molecular weight is 640 g/mol. The number of rotatable bonds is 9. The second-order valence-electron chi connectivity index (χ2n) is 11.3. The Morgan fingerprint density at radius 3 is 2.29 bits per heavy atom. The Balaban J connectivity index is 1.09. The molecule has 1 N–H and O–H groups in total. The van der Waals surface area contributed by atoms with Crippen molar-refractivity contribution in [2.45, 2.75) is 63.0 Å². The third kappa shape index (κ3) is 8.07. The maximum atomic E-state index is 13.3. The molecule has 9 nitrogen and oxygen atoms in total. The molecule has 0 amide bonds. The average Bonchev–Trinajstić information content (AvgIpc) is 3.00. The first-order valence-corrected chi connectivity index (χ1v) is 14.5. The Hall–Kier alpha value is -3.82. The van der Waals surface area contributed by atoms with Gasteiger partial charge in [-0.2, -0.15) is 26.3 Å². The van der Waals surface area contributed by atoms with Crippen molar-refractivity contribution in [1.29, 1.82) is 0 Å². The van der Waals surface area contributed by atoms with Crippen LogP contribution in [0.4, 0.5) is 37.7 Å². The Morgan fingerprint density at radius 1 is 0.956 bits per heavy atom. The molecule has 0 bridgehead atoms. The highest BCUT2D eigenvalue weighted by molar-refractivity contribution is 5.79. The van der Waals surface area contributed by atoms with E-state index in [1.165, 1.54) is 12.1 Å². The van der Waals surface area contributed by atoms with Crippen LogP contribution in [-0.2, 0) is 28.4 Å². The maximum Gasteiger partial charge on any atom is 0.423 e. The Bertz CT molecular complexity index is 1520. The molecular weight excluding hydrogens is 608 g/mol. The Labute approximate surface area is 254 Å². The van der Waals surface area contributed by atoms with E-state index in [-0.39, 0.29) is 17.8 Å². The van der Waals surface area contributed by atoms with Gasteiger partial charge in [-0.15, -0.1) is 0 Å². The third-order valence-electron chi connectivity index (χ3n) is 8.22. The molecule has 2 aliphatic rings. The quantitative estimate of drug-likeness (QED) is 0.127. The number of benzene rings is 2. The van der Waals surface area contributed by atoms with E-state index in [9.17, 15) is 41.3 Å². The van der Waals surface area contributed by atoms with E-state index in [1.54, 1.807) is 12.1 Å². The van der Waals surface area contributed by atoms with Crippen LogP contribution < -0.4 is 5.32 Å². The number of alkyl halides is 6. The van der Waals surface area contributed by atoms with E-state index < -0.39 is 40.3 Å². The molecule has 2 heterocycles. The highest BCUT2D eigenvalue weighted by Crippen LogP contribution is 2.38. The van der Waals surface area contributed by atoms with Crippen molar-refractivity contribution in [3.8, 4) is 0 Å². The lowest BCUT2D eigenvalue weighted by atomic mass is 9.92. The van der Waals surface area contributed by atoms with E-state index in [0.29, 0.717) is 69.3 Å². The summed E-state index contributed by atoms with van der Waals surface area (Å²) in [5.41, 5.74) is -1.66. The van der Waals surface area contributed by atoms with Gasteiger partial charge in [0, 0.05) is 55.9 Å². The molecular formula is C30H31F6N5O4. The van der Waals surface area contributed by atoms with Gasteiger partial charge >= 0.3 is 12.4 Å². The Morgan fingerprint density at radius 2 is 1.67 bits per heavy atom. The standard InChI is InChI=1S/C30H31F6N5O4/c31-29(32,33)20-2-9-26-19(15-20)1-3-23(38-26)17-39-11-13-40(14-12-39)28(18-42)45-24-7-4-21(5-8-24)37-22-6-10-27(41(43)44)25(16-22)30(34,35)36/h1-3,6,9-10,15-16,18,21,24,28,37H,4-5,7-8,11-14,17H2. The van der Waals surface area contributed by atoms with Gasteiger partial charge in [-0.1, -0.05) is 6.07 Å². The molecule has 1 unspecified atom stereocenters. The lowest BCUT2D eigenvalue weighted by molar-refractivity contribution is -0.388. The van der Waals surface area contributed by atoms with Gasteiger partial charge in [0.05, 0.1) is 27.8 Å². The molecule has 1 aliphatic heterocycles. The van der Waals surface area contributed by atoms with Gasteiger partial charge in [-0.05, 0) is 62.1 Å². The van der Waals surface area contributed by atoms with Crippen molar-refractivity contribution in [2.75, 3.05) is 31.5 Å². The van der Waals surface area contributed by atoms with Gasteiger partial charge in [-0.25, -0.2) is 0 Å². The molecule has 0 spiro atoms. The minimum absolute atomic E-state index is 0.149. The number of ether oxygens (including phenoxy) is 1. The first-order chi connectivity index (χ1) is 21.3. The van der Waals surface area contributed by atoms with Crippen molar-refractivity contribution in [1.82, 2.24) is 14.8 Å². The summed E-state index contributed by atoms with van der Waals surface area (Å²) in [4.78, 5) is 30.5. The van der Waals surface area contributed by atoms with Gasteiger partial charge in [0.25, 0.3) is 5.69 Å². The maximum absolute atomic E-state index is 13.3. The van der Waals surface area contributed by atoms with Crippen molar-refractivity contribution in [3.05, 3.63) is 75.5 Å². The van der Waals surface area contributed by atoms with Crippen LogP contribution in [0.2, 0.25) is 0 Å². The molecule has 3 aromatic rings. The first-order valence-electron chi connectivity index (χ1n) is 14.5. The van der Waals surface area contributed by atoms with Gasteiger partial charge < -0.3 is 10.1 Å². The Kier molecular flexibility index (Phi) is 9.60. The summed E-state index contributed by atoms with van der Waals surface area (Å²) < 4.78 is 85.1. The van der Waals surface area contributed by atoms with Crippen LogP contribution in [0.15, 0.2) is 48.5 Å². The highest BCUT2D eigenvalue weighted by atomic mass is 19.4. The number of nitrogens with one attached hydrogen (secondary N) is 1. The number of aldehydes is 1. The van der Waals surface area contributed by atoms with E-state index in [4.69, 9.17) is 4.74 Å². The van der Waals surface area contributed by atoms with Crippen LogP contribution >= 0.6 is 0 Å². The fourth-order valence-corrected chi connectivity index (χ4v) is 5.83. The van der Waals surface area contributed by atoms with Gasteiger partial charge in [0.1, 0.15) is 5.56 Å². The van der Waals surface area contributed by atoms with Crippen LogP contribution in [0.5, 0.6) is 0 Å². The summed E-state index contributed by atoms with van der Waals surface area (Å²) in [6.45, 7) is 2.89. The number of nitrogens with zero attached hydrogens (tertiary/aromatic N) is 4. The van der Waals surface area contributed by atoms with Crippen LogP contribution in [0.25, 0.3) is 10.9 Å². The summed E-state index contributed by atoms with van der Waals surface area (Å²) in [6, 6.07) is 9.54. The first kappa shape index (κ1) is 32.6. The summed E-state index contributed by atoms with van der Waals surface area (Å²) in [5.74, 6) is 0. The summed E-state index contributed by atoms with van der Waals surface area (Å²) in [5, 5.41) is 14.5. The molecule has 2 fully saturated rings. The normalized spacial score (nSPS) is 21.0. The number of fused-ring (bicyclic) bond motifs is 1. The van der Waals surface area contributed by atoms with Gasteiger partial charge in [0.15, 0.2) is 12.5 Å². The summed E-state index contributed by atoms with van der Waals surface area (Å²) in [7, 11) is 0. The lowest BCUT2D eigenvalue weighted by Gasteiger charge is -2.39. The van der Waals surface area contributed by atoms with Gasteiger partial charge in [-0.3, -0.25) is 29.7 Å². The molecule has 2 aromatic carbocycles. The van der Waals surface area contributed by atoms with Crippen molar-refractivity contribution < 1.29 is 40.8 Å². The molecule has 45 heavy (non-hydrogen) atoms. The fraction of sp³-hybridized carbons (Fsp3) is 0.467. The zero-order chi connectivity index (χ0) is 32.4. The van der Waals surface area contributed by atoms with Crippen LogP contribution in [0.1, 0.15) is 42.5 Å². The molecule has 1 atom stereocenters. The molecule has 1 saturated heterocycles. The van der Waals surface area contributed by atoms with Gasteiger partial charge in [0.2, 0.25) is 0 Å². The molecule has 0 radical (unpaired) electrons. The molecule has 5 rings (SSSR count). The summed E-state index contributed by atoms with van der Waals surface area (Å²) in [6.07, 6.45) is -7.14. The largest absolute Gasteiger partial charge is 0.423 e.